The predicted octanol–water partition coefficient (Wildman–Crippen LogP) is 2.17. The van der Waals surface area contributed by atoms with Crippen molar-refractivity contribution >= 4 is 0 Å². The molecule has 0 aliphatic rings. The maximum absolute atomic E-state index is 5.48. The molecule has 0 unspecified atom stereocenters. The zero-order valence-corrected chi connectivity index (χ0v) is 11.5. The Kier molecular flexibility index (Phi) is 4.92. The number of ether oxygens (including phenoxy) is 1. The van der Waals surface area contributed by atoms with Gasteiger partial charge in [0.05, 0.1) is 24.2 Å². The zero-order chi connectivity index (χ0) is 13.5. The molecule has 0 spiro atoms. The fourth-order valence-corrected chi connectivity index (χ4v) is 1.78. The standard InChI is InChI=1S/C14H20N4O/c1-3-8-15-10-12-11-18(17-16-12)13-6-5-7-14(9-13)19-4-2/h5-7,9,11,15H,3-4,8,10H2,1-2H3. The summed E-state index contributed by atoms with van der Waals surface area (Å²) in [5.74, 6) is 0.848. The second-order valence-corrected chi connectivity index (χ2v) is 4.26. The van der Waals surface area contributed by atoms with Gasteiger partial charge >= 0.3 is 0 Å². The molecule has 0 aliphatic heterocycles. The van der Waals surface area contributed by atoms with E-state index in [-0.39, 0.29) is 0 Å². The fraction of sp³-hybridized carbons (Fsp3) is 0.429. The minimum absolute atomic E-state index is 0.660. The molecule has 102 valence electrons. The van der Waals surface area contributed by atoms with Crippen molar-refractivity contribution in [1.29, 1.82) is 0 Å². The molecule has 19 heavy (non-hydrogen) atoms. The van der Waals surface area contributed by atoms with Crippen molar-refractivity contribution in [2.75, 3.05) is 13.2 Å². The molecule has 2 rings (SSSR count). The Morgan fingerprint density at radius 2 is 2.21 bits per heavy atom. The summed E-state index contributed by atoms with van der Waals surface area (Å²) in [5, 5.41) is 11.6. The van der Waals surface area contributed by atoms with Crippen molar-refractivity contribution in [3.8, 4) is 11.4 Å². The van der Waals surface area contributed by atoms with E-state index in [2.05, 4.69) is 22.6 Å². The highest BCUT2D eigenvalue weighted by atomic mass is 16.5. The van der Waals surface area contributed by atoms with Gasteiger partial charge in [-0.25, -0.2) is 4.68 Å². The Balaban J connectivity index is 2.07. The fourth-order valence-electron chi connectivity index (χ4n) is 1.78. The Labute approximate surface area is 113 Å². The molecule has 0 saturated heterocycles. The molecule has 1 N–H and O–H groups in total. The molecule has 5 heteroatoms. The number of benzene rings is 1. The number of aromatic nitrogens is 3. The molecule has 0 fully saturated rings. The van der Waals surface area contributed by atoms with E-state index in [1.54, 1.807) is 4.68 Å². The van der Waals surface area contributed by atoms with E-state index < -0.39 is 0 Å². The molecule has 2 aromatic rings. The van der Waals surface area contributed by atoms with Gasteiger partial charge in [0, 0.05) is 12.6 Å². The number of rotatable bonds is 7. The summed E-state index contributed by atoms with van der Waals surface area (Å²) in [7, 11) is 0. The van der Waals surface area contributed by atoms with E-state index in [9.17, 15) is 0 Å². The molecule has 1 heterocycles. The summed E-state index contributed by atoms with van der Waals surface area (Å²) in [4.78, 5) is 0. The van der Waals surface area contributed by atoms with Gasteiger partial charge in [0.15, 0.2) is 0 Å². The monoisotopic (exact) mass is 260 g/mol. The van der Waals surface area contributed by atoms with Crippen LogP contribution in [0.2, 0.25) is 0 Å². The van der Waals surface area contributed by atoms with Gasteiger partial charge < -0.3 is 10.1 Å². The molecule has 1 aromatic heterocycles. The first-order chi connectivity index (χ1) is 9.33. The second kappa shape index (κ2) is 6.89. The van der Waals surface area contributed by atoms with E-state index in [0.717, 1.165) is 36.6 Å². The minimum Gasteiger partial charge on any atom is -0.494 e. The van der Waals surface area contributed by atoms with Crippen LogP contribution < -0.4 is 10.1 Å². The quantitative estimate of drug-likeness (QED) is 0.775. The first-order valence-corrected chi connectivity index (χ1v) is 6.68. The Morgan fingerprint density at radius 1 is 1.32 bits per heavy atom. The van der Waals surface area contributed by atoms with Crippen molar-refractivity contribution in [2.24, 2.45) is 0 Å². The zero-order valence-electron chi connectivity index (χ0n) is 11.5. The highest BCUT2D eigenvalue weighted by molar-refractivity contribution is 5.38. The van der Waals surface area contributed by atoms with Crippen molar-refractivity contribution < 1.29 is 4.74 Å². The summed E-state index contributed by atoms with van der Waals surface area (Å²) >= 11 is 0. The molecule has 0 saturated carbocycles. The third kappa shape index (κ3) is 3.79. The Morgan fingerprint density at radius 3 is 3.00 bits per heavy atom. The average Bonchev–Trinajstić information content (AvgIpc) is 2.89. The van der Waals surface area contributed by atoms with Crippen LogP contribution >= 0.6 is 0 Å². The van der Waals surface area contributed by atoms with Crippen molar-refractivity contribution in [3.05, 3.63) is 36.2 Å². The van der Waals surface area contributed by atoms with E-state index in [0.29, 0.717) is 6.61 Å². The highest BCUT2D eigenvalue weighted by Crippen LogP contribution is 2.16. The lowest BCUT2D eigenvalue weighted by atomic mass is 10.3. The van der Waals surface area contributed by atoms with E-state index >= 15 is 0 Å². The minimum atomic E-state index is 0.660. The molecule has 5 nitrogen and oxygen atoms in total. The van der Waals surface area contributed by atoms with Gasteiger partial charge in [-0.2, -0.15) is 0 Å². The molecule has 0 atom stereocenters. The van der Waals surface area contributed by atoms with Crippen molar-refractivity contribution in [1.82, 2.24) is 20.3 Å². The summed E-state index contributed by atoms with van der Waals surface area (Å²) in [5.41, 5.74) is 1.90. The van der Waals surface area contributed by atoms with Crippen LogP contribution in [0.25, 0.3) is 5.69 Å². The highest BCUT2D eigenvalue weighted by Gasteiger charge is 2.03. The number of nitrogens with zero attached hydrogens (tertiary/aromatic N) is 3. The van der Waals surface area contributed by atoms with Gasteiger partial charge in [0.2, 0.25) is 0 Å². The van der Waals surface area contributed by atoms with Crippen LogP contribution in [0.1, 0.15) is 26.0 Å². The first-order valence-electron chi connectivity index (χ1n) is 6.68. The Bertz CT molecular complexity index is 510. The van der Waals surface area contributed by atoms with Crippen molar-refractivity contribution in [3.63, 3.8) is 0 Å². The lowest BCUT2D eigenvalue weighted by molar-refractivity contribution is 0.340. The van der Waals surface area contributed by atoms with Crippen LogP contribution in [0.3, 0.4) is 0 Å². The predicted molar refractivity (Wildman–Crippen MR) is 74.5 cm³/mol. The van der Waals surface area contributed by atoms with Crippen LogP contribution in [-0.4, -0.2) is 28.1 Å². The van der Waals surface area contributed by atoms with Crippen LogP contribution in [-0.2, 0) is 6.54 Å². The molecule has 0 aliphatic carbocycles. The maximum Gasteiger partial charge on any atom is 0.121 e. The Hall–Kier alpha value is -1.88. The molecule has 1 aromatic carbocycles. The van der Waals surface area contributed by atoms with E-state index in [1.807, 2.05) is 37.4 Å². The van der Waals surface area contributed by atoms with Crippen LogP contribution in [0, 0.1) is 0 Å². The van der Waals surface area contributed by atoms with Gasteiger partial charge in [0.1, 0.15) is 5.75 Å². The molecule has 0 radical (unpaired) electrons. The summed E-state index contributed by atoms with van der Waals surface area (Å²) in [6.07, 6.45) is 3.05. The van der Waals surface area contributed by atoms with E-state index in [4.69, 9.17) is 4.74 Å². The normalized spacial score (nSPS) is 10.6. The third-order valence-corrected chi connectivity index (χ3v) is 2.67. The van der Waals surface area contributed by atoms with Gasteiger partial charge in [-0.1, -0.05) is 18.2 Å². The van der Waals surface area contributed by atoms with Crippen LogP contribution in [0.4, 0.5) is 0 Å². The molecule has 0 amide bonds. The number of nitrogens with one attached hydrogen (secondary N) is 1. The number of hydrogen-bond acceptors (Lipinski definition) is 4. The third-order valence-electron chi connectivity index (χ3n) is 2.67. The summed E-state index contributed by atoms with van der Waals surface area (Å²) in [6, 6.07) is 7.84. The van der Waals surface area contributed by atoms with Crippen LogP contribution in [0.5, 0.6) is 5.75 Å². The van der Waals surface area contributed by atoms with Crippen molar-refractivity contribution in [2.45, 2.75) is 26.8 Å². The lowest BCUT2D eigenvalue weighted by Gasteiger charge is -2.05. The lowest BCUT2D eigenvalue weighted by Crippen LogP contribution is -2.13. The molecule has 0 bridgehead atoms. The van der Waals surface area contributed by atoms with Gasteiger partial charge in [0.25, 0.3) is 0 Å². The second-order valence-electron chi connectivity index (χ2n) is 4.26. The maximum atomic E-state index is 5.48. The van der Waals surface area contributed by atoms with Gasteiger partial charge in [-0.15, -0.1) is 5.10 Å². The average molecular weight is 260 g/mol. The van der Waals surface area contributed by atoms with Gasteiger partial charge in [-0.3, -0.25) is 0 Å². The SMILES string of the molecule is CCCNCc1cn(-c2cccc(OCC)c2)nn1. The summed E-state index contributed by atoms with van der Waals surface area (Å²) in [6.45, 7) is 6.52. The smallest absolute Gasteiger partial charge is 0.121 e. The first kappa shape index (κ1) is 13.5. The largest absolute Gasteiger partial charge is 0.494 e. The molecular weight excluding hydrogens is 240 g/mol. The molecular formula is C14H20N4O. The van der Waals surface area contributed by atoms with Gasteiger partial charge in [-0.05, 0) is 32.0 Å². The number of hydrogen-bond donors (Lipinski definition) is 1. The van der Waals surface area contributed by atoms with Crippen LogP contribution in [0.15, 0.2) is 30.5 Å². The topological polar surface area (TPSA) is 52.0 Å². The summed E-state index contributed by atoms with van der Waals surface area (Å²) < 4.78 is 7.25. The van der Waals surface area contributed by atoms with E-state index in [1.165, 1.54) is 0 Å².